The van der Waals surface area contributed by atoms with Gasteiger partial charge in [0.1, 0.15) is 11.4 Å². The van der Waals surface area contributed by atoms with E-state index in [2.05, 4.69) is 9.73 Å². The van der Waals surface area contributed by atoms with E-state index in [1.54, 1.807) is 0 Å². The molecule has 0 amide bonds. The standard InChI is InChI=1S/C18H11ClF8N2O4/c19-10-5-9(14(30)12(6-10)29(31)32)7-28-11-3-1-2-4-13(11)33-8-16(22,23)18(26,27)17(24,25)15(20)21/h1-7,15,30H,8H2. The topological polar surface area (TPSA) is 85.0 Å². The van der Waals surface area contributed by atoms with Crippen molar-refractivity contribution in [1.29, 1.82) is 0 Å². The Morgan fingerprint density at radius 2 is 1.76 bits per heavy atom. The van der Waals surface area contributed by atoms with Crippen LogP contribution in [0.1, 0.15) is 5.56 Å². The zero-order chi connectivity index (χ0) is 25.2. The molecule has 15 heteroatoms. The normalized spacial score (nSPS) is 13.0. The average Bonchev–Trinajstić information content (AvgIpc) is 2.72. The van der Waals surface area contributed by atoms with Crippen molar-refractivity contribution in [2.45, 2.75) is 24.2 Å². The van der Waals surface area contributed by atoms with E-state index < -0.39 is 52.9 Å². The van der Waals surface area contributed by atoms with E-state index in [4.69, 9.17) is 11.6 Å². The molecule has 0 aliphatic carbocycles. The number of phenols is 1. The van der Waals surface area contributed by atoms with Gasteiger partial charge in [-0.3, -0.25) is 15.1 Å². The molecule has 0 radical (unpaired) electrons. The van der Waals surface area contributed by atoms with Crippen LogP contribution in [0.15, 0.2) is 41.4 Å². The molecule has 0 aliphatic heterocycles. The lowest BCUT2D eigenvalue weighted by Gasteiger charge is -2.32. The predicted molar refractivity (Wildman–Crippen MR) is 99.8 cm³/mol. The minimum absolute atomic E-state index is 0.174. The van der Waals surface area contributed by atoms with E-state index in [9.17, 15) is 50.3 Å². The van der Waals surface area contributed by atoms with Crippen LogP contribution in [0.4, 0.5) is 46.5 Å². The zero-order valence-corrected chi connectivity index (χ0v) is 16.5. The Kier molecular flexibility index (Phi) is 7.41. The Morgan fingerprint density at radius 3 is 2.33 bits per heavy atom. The van der Waals surface area contributed by atoms with Crippen molar-refractivity contribution in [2.24, 2.45) is 4.99 Å². The van der Waals surface area contributed by atoms with Crippen LogP contribution in [0.3, 0.4) is 0 Å². The Morgan fingerprint density at radius 1 is 1.15 bits per heavy atom. The SMILES string of the molecule is O=[N+]([O-])c1cc(Cl)cc(C=Nc2ccccc2OCC(F)(F)C(F)(F)C(F)(F)C(F)F)c1O. The summed E-state index contributed by atoms with van der Waals surface area (Å²) in [5, 5.41) is 20.7. The number of rotatable bonds is 9. The van der Waals surface area contributed by atoms with Gasteiger partial charge in [-0.2, -0.15) is 26.3 Å². The lowest BCUT2D eigenvalue weighted by Crippen LogP contribution is -2.59. The van der Waals surface area contributed by atoms with Crippen LogP contribution in [-0.4, -0.2) is 47.0 Å². The smallest absolute Gasteiger partial charge is 0.381 e. The maximum absolute atomic E-state index is 13.7. The molecule has 6 nitrogen and oxygen atoms in total. The molecule has 0 unspecified atom stereocenters. The van der Waals surface area contributed by atoms with Crippen LogP contribution < -0.4 is 4.74 Å². The molecule has 0 saturated carbocycles. The van der Waals surface area contributed by atoms with E-state index in [-0.39, 0.29) is 16.3 Å². The van der Waals surface area contributed by atoms with Crippen LogP contribution in [0, 0.1) is 10.1 Å². The summed E-state index contributed by atoms with van der Waals surface area (Å²) >= 11 is 5.71. The van der Waals surface area contributed by atoms with Gasteiger partial charge in [0.25, 0.3) is 0 Å². The maximum atomic E-state index is 13.7. The van der Waals surface area contributed by atoms with Gasteiger partial charge in [-0.05, 0) is 18.2 Å². The van der Waals surface area contributed by atoms with Gasteiger partial charge in [0, 0.05) is 22.9 Å². The first-order valence-electron chi connectivity index (χ1n) is 8.46. The maximum Gasteiger partial charge on any atom is 0.381 e. The first kappa shape index (κ1) is 26.1. The van der Waals surface area contributed by atoms with Crippen LogP contribution in [0.2, 0.25) is 5.02 Å². The molecule has 0 atom stereocenters. The van der Waals surface area contributed by atoms with Gasteiger partial charge in [-0.15, -0.1) is 0 Å². The van der Waals surface area contributed by atoms with Crippen LogP contribution >= 0.6 is 11.6 Å². The third kappa shape index (κ3) is 5.26. The first-order chi connectivity index (χ1) is 15.1. The first-order valence-corrected chi connectivity index (χ1v) is 8.84. The number of aliphatic imine (C=N–C) groups is 1. The third-order valence-corrected chi connectivity index (χ3v) is 4.27. The fourth-order valence-electron chi connectivity index (χ4n) is 2.31. The number of hydrogen-bond donors (Lipinski definition) is 1. The molecule has 1 N–H and O–H groups in total. The Balaban J connectivity index is 2.32. The Bertz CT molecular complexity index is 1070. The highest BCUT2D eigenvalue weighted by atomic mass is 35.5. The van der Waals surface area contributed by atoms with Gasteiger partial charge in [0.2, 0.25) is 5.75 Å². The summed E-state index contributed by atoms with van der Waals surface area (Å²) in [4.78, 5) is 13.7. The number of alkyl halides is 8. The van der Waals surface area contributed by atoms with E-state index in [0.717, 1.165) is 30.5 Å². The summed E-state index contributed by atoms with van der Waals surface area (Å²) in [5.74, 6) is -20.0. The number of hydrogen-bond acceptors (Lipinski definition) is 5. The van der Waals surface area contributed by atoms with E-state index in [1.807, 2.05) is 0 Å². The second-order valence-corrected chi connectivity index (χ2v) is 6.77. The van der Waals surface area contributed by atoms with Crippen LogP contribution in [-0.2, 0) is 0 Å². The summed E-state index contributed by atoms with van der Waals surface area (Å²) < 4.78 is 109. The Hall–Kier alpha value is -3.16. The molecule has 2 aromatic carbocycles. The largest absolute Gasteiger partial charge is 0.502 e. The molecule has 0 heterocycles. The molecule has 2 aromatic rings. The summed E-state index contributed by atoms with van der Waals surface area (Å²) in [6.45, 7) is -2.41. The second-order valence-electron chi connectivity index (χ2n) is 6.34. The zero-order valence-electron chi connectivity index (χ0n) is 15.8. The number of phenolic OH excluding ortho intramolecular Hbond substituents is 1. The molecule has 2 rings (SSSR count). The van der Waals surface area contributed by atoms with Crippen LogP contribution in [0.5, 0.6) is 11.5 Å². The monoisotopic (exact) mass is 506 g/mol. The number of benzene rings is 2. The summed E-state index contributed by atoms with van der Waals surface area (Å²) in [5.41, 5.74) is -1.44. The van der Waals surface area contributed by atoms with Crippen molar-refractivity contribution >= 4 is 29.2 Å². The van der Waals surface area contributed by atoms with Crippen molar-refractivity contribution in [2.75, 3.05) is 6.61 Å². The van der Waals surface area contributed by atoms with E-state index in [1.165, 1.54) is 12.1 Å². The fraction of sp³-hybridized carbons (Fsp3) is 0.278. The molecule has 0 bridgehead atoms. The van der Waals surface area contributed by atoms with Gasteiger partial charge >= 0.3 is 29.9 Å². The van der Waals surface area contributed by atoms with Crippen molar-refractivity contribution in [3.05, 3.63) is 57.1 Å². The van der Waals surface area contributed by atoms with Crippen molar-refractivity contribution in [3.63, 3.8) is 0 Å². The highest BCUT2D eigenvalue weighted by Gasteiger charge is 2.75. The predicted octanol–water partition coefficient (Wildman–Crippen LogP) is 6.25. The van der Waals surface area contributed by atoms with Crippen LogP contribution in [0.25, 0.3) is 0 Å². The van der Waals surface area contributed by atoms with Gasteiger partial charge in [0.15, 0.2) is 6.61 Å². The summed E-state index contributed by atoms with van der Waals surface area (Å²) in [7, 11) is 0. The van der Waals surface area contributed by atoms with Crippen molar-refractivity contribution in [1.82, 2.24) is 0 Å². The number of aromatic hydroxyl groups is 1. The van der Waals surface area contributed by atoms with Gasteiger partial charge < -0.3 is 9.84 Å². The highest BCUT2D eigenvalue weighted by Crippen LogP contribution is 2.48. The fourth-order valence-corrected chi connectivity index (χ4v) is 2.53. The number of nitrogens with zero attached hydrogens (tertiary/aromatic N) is 2. The average molecular weight is 507 g/mol. The number of halogens is 9. The Labute approximate surface area is 184 Å². The van der Waals surface area contributed by atoms with Crippen molar-refractivity contribution in [3.8, 4) is 11.5 Å². The molecule has 0 spiro atoms. The van der Waals surface area contributed by atoms with E-state index >= 15 is 0 Å². The molecule has 0 fully saturated rings. The second kappa shape index (κ2) is 9.37. The molecule has 180 valence electrons. The molecule has 0 saturated heterocycles. The third-order valence-electron chi connectivity index (χ3n) is 4.05. The summed E-state index contributed by atoms with van der Waals surface area (Å²) in [6, 6.07) is 6.34. The number of nitro benzene ring substituents is 1. The van der Waals surface area contributed by atoms with Crippen molar-refractivity contribution < 1.29 is 49.9 Å². The molecule has 0 aromatic heterocycles. The quantitative estimate of drug-likeness (QED) is 0.188. The lowest BCUT2D eigenvalue weighted by atomic mass is 10.1. The van der Waals surface area contributed by atoms with Gasteiger partial charge in [-0.1, -0.05) is 23.7 Å². The summed E-state index contributed by atoms with van der Waals surface area (Å²) in [6.07, 6.45) is -4.27. The van der Waals surface area contributed by atoms with Gasteiger partial charge in [0.05, 0.1) is 4.92 Å². The lowest BCUT2D eigenvalue weighted by molar-refractivity contribution is -0.385. The van der Waals surface area contributed by atoms with Gasteiger partial charge in [-0.25, -0.2) is 8.78 Å². The minimum atomic E-state index is -6.45. The highest BCUT2D eigenvalue weighted by molar-refractivity contribution is 6.31. The van der Waals surface area contributed by atoms with E-state index in [0.29, 0.717) is 0 Å². The molecule has 0 aliphatic rings. The molecule has 33 heavy (non-hydrogen) atoms. The number of para-hydroxylation sites is 2. The number of ether oxygens (including phenoxy) is 1. The molecular formula is C18H11ClF8N2O4. The number of nitro groups is 1. The minimum Gasteiger partial charge on any atom is -0.502 e. The molecular weight excluding hydrogens is 496 g/mol.